The van der Waals surface area contributed by atoms with Gasteiger partial charge in [0.1, 0.15) is 5.75 Å². The third kappa shape index (κ3) is 12.3. The van der Waals surface area contributed by atoms with E-state index < -0.39 is 23.7 Å². The number of amides is 3. The Bertz CT molecular complexity index is 923. The van der Waals surface area contributed by atoms with E-state index in [4.69, 9.17) is 15.6 Å². The lowest BCUT2D eigenvalue weighted by molar-refractivity contribution is -0.141. The molecule has 0 heterocycles. The van der Waals surface area contributed by atoms with Crippen molar-refractivity contribution in [2.45, 2.75) is 38.6 Å². The minimum atomic E-state index is -0.914. The Kier molecular flexibility index (Phi) is 13.6. The number of nitrogens with one attached hydrogen (secondary N) is 3. The first-order chi connectivity index (χ1) is 16.5. The van der Waals surface area contributed by atoms with Gasteiger partial charge in [0.25, 0.3) is 5.91 Å². The topological polar surface area (TPSA) is 180 Å². The van der Waals surface area contributed by atoms with Gasteiger partial charge in [-0.05, 0) is 52.9 Å². The van der Waals surface area contributed by atoms with Crippen LogP contribution >= 0.6 is 15.9 Å². The molecule has 0 aliphatic rings. The van der Waals surface area contributed by atoms with Crippen LogP contribution in [0.25, 0.3) is 0 Å². The Labute approximate surface area is 212 Å². The van der Waals surface area contributed by atoms with Gasteiger partial charge in [-0.2, -0.15) is 0 Å². The summed E-state index contributed by atoms with van der Waals surface area (Å²) >= 11 is 3.04. The Balaban J connectivity index is 2.47. The van der Waals surface area contributed by atoms with Crippen molar-refractivity contribution < 1.29 is 34.1 Å². The minimum Gasteiger partial charge on any atom is -0.506 e. The number of aliphatic carboxylic acids is 1. The van der Waals surface area contributed by atoms with Gasteiger partial charge in [-0.15, -0.1) is 0 Å². The molecule has 0 fully saturated rings. The number of carbonyl (C=O) groups is 4. The summed E-state index contributed by atoms with van der Waals surface area (Å²) in [5.74, 6) is -2.89. The standard InChI is InChI=1S/C23H33BrN4O7/c1-14(23(33)34)10-16(25)11-15-5-6-19(29)18(12-15)28-20(30)4-3-7-26-21(31)13-17(24)22(32)27-8-9-35-2/h5-6,12-14,16,29H,3-4,7-11,25H2,1-2H3,(H,26,31)(H,27,32)(H,28,30)(H,33,34)/b17-13+/t14?,16-/m1/s1. The Morgan fingerprint density at radius 1 is 1.20 bits per heavy atom. The smallest absolute Gasteiger partial charge is 0.306 e. The lowest BCUT2D eigenvalue weighted by Gasteiger charge is -2.15. The predicted molar refractivity (Wildman–Crippen MR) is 134 cm³/mol. The molecule has 0 saturated heterocycles. The number of carboxylic acid groups (broad SMARTS) is 1. The number of phenols is 1. The van der Waals surface area contributed by atoms with Crippen LogP contribution in [0.1, 0.15) is 31.7 Å². The van der Waals surface area contributed by atoms with Gasteiger partial charge in [0.2, 0.25) is 11.8 Å². The van der Waals surface area contributed by atoms with E-state index in [0.29, 0.717) is 32.4 Å². The number of aromatic hydroxyl groups is 1. The van der Waals surface area contributed by atoms with E-state index in [2.05, 4.69) is 31.9 Å². The van der Waals surface area contributed by atoms with Crippen molar-refractivity contribution in [2.24, 2.45) is 11.7 Å². The first-order valence-electron chi connectivity index (χ1n) is 11.1. The van der Waals surface area contributed by atoms with Crippen molar-refractivity contribution in [3.63, 3.8) is 0 Å². The molecular formula is C23H33BrN4O7. The Morgan fingerprint density at radius 2 is 1.91 bits per heavy atom. The summed E-state index contributed by atoms with van der Waals surface area (Å²) in [7, 11) is 1.51. The molecule has 0 spiro atoms. The molecule has 11 nitrogen and oxygen atoms in total. The van der Waals surface area contributed by atoms with Crippen LogP contribution in [-0.4, -0.2) is 66.8 Å². The zero-order valence-corrected chi connectivity index (χ0v) is 21.4. The number of nitrogens with two attached hydrogens (primary N) is 1. The molecule has 0 aromatic heterocycles. The molecule has 194 valence electrons. The van der Waals surface area contributed by atoms with Gasteiger partial charge in [0, 0.05) is 38.7 Å². The van der Waals surface area contributed by atoms with E-state index in [0.717, 1.165) is 11.6 Å². The molecule has 1 aromatic carbocycles. The van der Waals surface area contributed by atoms with Crippen molar-refractivity contribution in [1.29, 1.82) is 0 Å². The number of hydrogen-bond acceptors (Lipinski definition) is 7. The van der Waals surface area contributed by atoms with E-state index in [1.165, 1.54) is 13.2 Å². The van der Waals surface area contributed by atoms with Gasteiger partial charge in [0.05, 0.1) is 22.7 Å². The molecule has 1 unspecified atom stereocenters. The van der Waals surface area contributed by atoms with E-state index in [9.17, 15) is 24.3 Å². The number of halogens is 1. The normalized spacial score (nSPS) is 13.0. The maximum absolute atomic E-state index is 12.2. The van der Waals surface area contributed by atoms with Crippen LogP contribution in [0.2, 0.25) is 0 Å². The number of benzene rings is 1. The van der Waals surface area contributed by atoms with Gasteiger partial charge in [-0.25, -0.2) is 0 Å². The van der Waals surface area contributed by atoms with Crippen LogP contribution in [0.5, 0.6) is 5.75 Å². The molecule has 2 atom stereocenters. The highest BCUT2D eigenvalue weighted by Crippen LogP contribution is 2.25. The van der Waals surface area contributed by atoms with Crippen molar-refractivity contribution in [1.82, 2.24) is 10.6 Å². The fourth-order valence-corrected chi connectivity index (χ4v) is 3.36. The summed E-state index contributed by atoms with van der Waals surface area (Å²) in [6.45, 7) is 2.45. The highest BCUT2D eigenvalue weighted by Gasteiger charge is 2.17. The van der Waals surface area contributed by atoms with Crippen molar-refractivity contribution in [3.05, 3.63) is 34.3 Å². The molecule has 1 aromatic rings. The Morgan fingerprint density at radius 3 is 2.57 bits per heavy atom. The van der Waals surface area contributed by atoms with E-state index >= 15 is 0 Å². The zero-order chi connectivity index (χ0) is 26.4. The molecule has 35 heavy (non-hydrogen) atoms. The second-order valence-electron chi connectivity index (χ2n) is 7.97. The number of rotatable bonds is 15. The molecule has 0 saturated carbocycles. The summed E-state index contributed by atoms with van der Waals surface area (Å²) in [6.07, 6.45) is 2.21. The summed E-state index contributed by atoms with van der Waals surface area (Å²) < 4.78 is 4.89. The van der Waals surface area contributed by atoms with Crippen LogP contribution in [-0.2, 0) is 30.3 Å². The maximum Gasteiger partial charge on any atom is 0.306 e. The summed E-state index contributed by atoms with van der Waals surface area (Å²) in [4.78, 5) is 46.9. The Hall–Kier alpha value is -2.96. The maximum atomic E-state index is 12.2. The van der Waals surface area contributed by atoms with Gasteiger partial charge in [-0.1, -0.05) is 13.0 Å². The van der Waals surface area contributed by atoms with Crippen LogP contribution in [0.4, 0.5) is 5.69 Å². The van der Waals surface area contributed by atoms with Crippen LogP contribution in [0, 0.1) is 5.92 Å². The van der Waals surface area contributed by atoms with Crippen LogP contribution in [0.3, 0.4) is 0 Å². The van der Waals surface area contributed by atoms with E-state index in [1.807, 2.05) is 0 Å². The second-order valence-corrected chi connectivity index (χ2v) is 8.83. The SMILES string of the molecule is COCCNC(=O)/C(Br)=C\C(=O)NCCCC(=O)Nc1cc(C[C@H](N)CC(C)C(=O)O)ccc1O. The fraction of sp³-hybridized carbons (Fsp3) is 0.478. The third-order valence-electron chi connectivity index (χ3n) is 4.86. The van der Waals surface area contributed by atoms with Crippen molar-refractivity contribution in [2.75, 3.05) is 32.1 Å². The second kappa shape index (κ2) is 15.8. The monoisotopic (exact) mass is 556 g/mol. The molecule has 12 heteroatoms. The molecule has 0 radical (unpaired) electrons. The lowest BCUT2D eigenvalue weighted by atomic mass is 9.96. The van der Waals surface area contributed by atoms with Crippen LogP contribution < -0.4 is 21.7 Å². The highest BCUT2D eigenvalue weighted by atomic mass is 79.9. The summed E-state index contributed by atoms with van der Waals surface area (Å²) in [5, 5.41) is 26.8. The first kappa shape index (κ1) is 30.1. The quantitative estimate of drug-likeness (QED) is 0.106. The van der Waals surface area contributed by atoms with Gasteiger partial charge < -0.3 is 36.6 Å². The van der Waals surface area contributed by atoms with E-state index in [-0.39, 0.29) is 40.8 Å². The molecule has 0 aliphatic carbocycles. The largest absolute Gasteiger partial charge is 0.506 e. The predicted octanol–water partition coefficient (Wildman–Crippen LogP) is 1.25. The average molecular weight is 557 g/mol. The number of ether oxygens (including phenoxy) is 1. The molecule has 0 bridgehead atoms. The van der Waals surface area contributed by atoms with Crippen molar-refractivity contribution in [3.8, 4) is 5.75 Å². The molecular weight excluding hydrogens is 524 g/mol. The molecule has 3 amide bonds. The molecule has 7 N–H and O–H groups in total. The number of carboxylic acids is 1. The number of methoxy groups -OCH3 is 1. The van der Waals surface area contributed by atoms with Gasteiger partial charge >= 0.3 is 5.97 Å². The summed E-state index contributed by atoms with van der Waals surface area (Å²) in [5.41, 5.74) is 7.00. The number of hydrogen-bond donors (Lipinski definition) is 6. The number of phenolic OH excluding ortho intramolecular Hbond substituents is 1. The van der Waals surface area contributed by atoms with E-state index in [1.54, 1.807) is 19.1 Å². The van der Waals surface area contributed by atoms with Gasteiger partial charge in [-0.3, -0.25) is 19.2 Å². The first-order valence-corrected chi connectivity index (χ1v) is 11.8. The van der Waals surface area contributed by atoms with Crippen LogP contribution in [0.15, 0.2) is 28.8 Å². The lowest BCUT2D eigenvalue weighted by Crippen LogP contribution is -2.28. The minimum absolute atomic E-state index is 0.0661. The fourth-order valence-electron chi connectivity index (χ4n) is 3.01. The summed E-state index contributed by atoms with van der Waals surface area (Å²) in [6, 6.07) is 4.31. The van der Waals surface area contributed by atoms with Crippen molar-refractivity contribution >= 4 is 45.3 Å². The molecule has 0 aliphatic heterocycles. The number of anilines is 1. The molecule has 1 rings (SSSR count). The van der Waals surface area contributed by atoms with Gasteiger partial charge in [0.15, 0.2) is 0 Å². The number of carbonyl (C=O) groups excluding carboxylic acids is 3. The average Bonchev–Trinajstić information content (AvgIpc) is 2.78. The third-order valence-corrected chi connectivity index (χ3v) is 5.45. The highest BCUT2D eigenvalue weighted by molar-refractivity contribution is 9.12. The zero-order valence-electron chi connectivity index (χ0n) is 19.8.